The molecule has 3 rings (SSSR count). The van der Waals surface area contributed by atoms with Crippen molar-refractivity contribution < 1.29 is 21.6 Å². The predicted molar refractivity (Wildman–Crippen MR) is 106 cm³/mol. The van der Waals surface area contributed by atoms with Crippen LogP contribution in [0.3, 0.4) is 0 Å². The van der Waals surface area contributed by atoms with Crippen molar-refractivity contribution in [3.63, 3.8) is 0 Å². The zero-order valence-corrected chi connectivity index (χ0v) is 17.7. The molecule has 29 heavy (non-hydrogen) atoms. The molecule has 0 aliphatic carbocycles. The average molecular weight is 445 g/mol. The summed E-state index contributed by atoms with van der Waals surface area (Å²) in [6.07, 6.45) is 1.63. The van der Waals surface area contributed by atoms with Gasteiger partial charge in [0, 0.05) is 7.05 Å². The quantitative estimate of drug-likeness (QED) is 0.613. The van der Waals surface area contributed by atoms with E-state index in [0.717, 1.165) is 12.3 Å². The fourth-order valence-electron chi connectivity index (χ4n) is 2.71. The summed E-state index contributed by atoms with van der Waals surface area (Å²) >= 11 is 0. The van der Waals surface area contributed by atoms with Crippen LogP contribution in [-0.2, 0) is 33.8 Å². The molecule has 0 bridgehead atoms. The lowest BCUT2D eigenvalue weighted by Crippen LogP contribution is -2.08. The van der Waals surface area contributed by atoms with Crippen LogP contribution in [0.25, 0.3) is 22.6 Å². The molecule has 0 atom stereocenters. The molecule has 7 nitrogen and oxygen atoms in total. The van der Waals surface area contributed by atoms with E-state index in [2.05, 4.69) is 19.3 Å². The van der Waals surface area contributed by atoms with Crippen LogP contribution >= 0.6 is 0 Å². The lowest BCUT2D eigenvalue weighted by atomic mass is 10.3. The molecule has 0 fully saturated rings. The molecule has 0 amide bonds. The third-order valence-electron chi connectivity index (χ3n) is 4.11. The minimum atomic E-state index is -4.61. The lowest BCUT2D eigenvalue weighted by molar-refractivity contribution is -0.141. The molecular weight excluding hydrogens is 427 g/mol. The van der Waals surface area contributed by atoms with Crippen molar-refractivity contribution in [2.75, 3.05) is 18.3 Å². The lowest BCUT2D eigenvalue weighted by Gasteiger charge is -2.10. The van der Waals surface area contributed by atoms with E-state index in [1.54, 1.807) is 7.05 Å². The number of sulfone groups is 1. The Morgan fingerprint density at radius 2 is 1.86 bits per heavy atom. The zero-order valence-electron chi connectivity index (χ0n) is 16.0. The van der Waals surface area contributed by atoms with Gasteiger partial charge in [-0.15, -0.1) is 10.7 Å². The molecule has 0 unspecified atom stereocenters. The van der Waals surface area contributed by atoms with Crippen molar-refractivity contribution in [2.24, 2.45) is 11.4 Å². The second-order valence-corrected chi connectivity index (χ2v) is 10.3. The van der Waals surface area contributed by atoms with Crippen molar-refractivity contribution in [2.45, 2.75) is 18.0 Å². The van der Waals surface area contributed by atoms with Gasteiger partial charge in [0.15, 0.2) is 15.7 Å². The maximum Gasteiger partial charge on any atom is 0.433 e. The molecule has 0 N–H and O–H groups in total. The van der Waals surface area contributed by atoms with Crippen LogP contribution in [0, 0.1) is 0 Å². The Kier molecular flexibility index (Phi) is 5.52. The molecule has 3 aromatic rings. The number of alkyl halides is 3. The topological polar surface area (TPSA) is 90.1 Å². The Bertz CT molecular complexity index is 1230. The van der Waals surface area contributed by atoms with E-state index in [1.165, 1.54) is 23.8 Å². The summed E-state index contributed by atoms with van der Waals surface area (Å²) in [6.45, 7) is 1.50. The highest BCUT2D eigenvalue weighted by Gasteiger charge is 2.33. The number of nitrogens with zero attached hydrogens (tertiary/aromatic N) is 5. The van der Waals surface area contributed by atoms with Gasteiger partial charge in [-0.2, -0.15) is 13.2 Å². The van der Waals surface area contributed by atoms with Crippen molar-refractivity contribution in [3.05, 3.63) is 30.2 Å². The van der Waals surface area contributed by atoms with E-state index in [4.69, 9.17) is 0 Å². The molecule has 12 heteroatoms. The van der Waals surface area contributed by atoms with E-state index >= 15 is 0 Å². The standard InChI is InChI=1S/C17H18F3N5O2S2/c1-5-29(26,27)13-6-10(24-28(3)4)8-22-15(13)16-23-11-7-14(17(18,19)20)21-9-12(11)25(16)2/h6-9H,5H2,1-4H3. The molecule has 0 spiro atoms. The maximum atomic E-state index is 13.0. The van der Waals surface area contributed by atoms with E-state index in [1.807, 2.05) is 12.5 Å². The zero-order chi connectivity index (χ0) is 21.6. The summed E-state index contributed by atoms with van der Waals surface area (Å²) in [6, 6.07) is 2.25. The summed E-state index contributed by atoms with van der Waals surface area (Å²) in [5.74, 6) is -0.0366. The first kappa shape index (κ1) is 21.4. The van der Waals surface area contributed by atoms with E-state index in [9.17, 15) is 21.6 Å². The number of fused-ring (bicyclic) bond motifs is 1. The Labute approximate surface area is 168 Å². The highest BCUT2D eigenvalue weighted by Crippen LogP contribution is 2.33. The summed E-state index contributed by atoms with van der Waals surface area (Å²) in [4.78, 5) is 11.9. The van der Waals surface area contributed by atoms with Crippen LogP contribution in [0.1, 0.15) is 12.6 Å². The van der Waals surface area contributed by atoms with E-state index in [0.29, 0.717) is 11.2 Å². The summed E-state index contributed by atoms with van der Waals surface area (Å²) in [5, 5.41) is 0. The number of imidazole rings is 1. The number of hydrogen-bond donors (Lipinski definition) is 0. The van der Waals surface area contributed by atoms with Crippen molar-refractivity contribution >= 4 is 37.2 Å². The molecule has 0 aliphatic heterocycles. The third-order valence-corrected chi connectivity index (χ3v) is 6.43. The second kappa shape index (κ2) is 7.48. The average Bonchev–Trinajstić information content (AvgIpc) is 2.96. The maximum absolute atomic E-state index is 13.0. The van der Waals surface area contributed by atoms with Gasteiger partial charge in [0.2, 0.25) is 0 Å². The first-order chi connectivity index (χ1) is 13.4. The Morgan fingerprint density at radius 1 is 1.17 bits per heavy atom. The molecular formula is C17H18F3N5O2S2. The van der Waals surface area contributed by atoms with Crippen LogP contribution < -0.4 is 0 Å². The van der Waals surface area contributed by atoms with Gasteiger partial charge < -0.3 is 4.57 Å². The molecule has 0 aromatic carbocycles. The summed E-state index contributed by atoms with van der Waals surface area (Å²) < 4.78 is 70.0. The number of aryl methyl sites for hydroxylation is 1. The normalized spacial score (nSPS) is 12.7. The highest BCUT2D eigenvalue weighted by molar-refractivity contribution is 7.91. The number of pyridine rings is 2. The molecule has 0 radical (unpaired) electrons. The molecule has 156 valence electrons. The molecule has 0 aliphatic rings. The number of rotatable bonds is 4. The largest absolute Gasteiger partial charge is 0.433 e. The predicted octanol–water partition coefficient (Wildman–Crippen LogP) is 3.54. The van der Waals surface area contributed by atoms with Crippen LogP contribution in [-0.4, -0.2) is 46.2 Å². The number of aromatic nitrogens is 4. The van der Waals surface area contributed by atoms with E-state index in [-0.39, 0.29) is 38.4 Å². The minimum absolute atomic E-state index is 0.0453. The SMILES string of the molecule is CCS(=O)(=O)c1cc(N=S(C)C)cnc1-c1nc2cc(C(F)(F)F)ncc2n1C. The van der Waals surface area contributed by atoms with Gasteiger partial charge in [-0.05, 0) is 24.6 Å². The Morgan fingerprint density at radius 3 is 2.45 bits per heavy atom. The monoisotopic (exact) mass is 445 g/mol. The summed E-state index contributed by atoms with van der Waals surface area (Å²) in [7, 11) is -2.45. The Hall–Kier alpha value is -2.34. The van der Waals surface area contributed by atoms with Crippen molar-refractivity contribution in [1.82, 2.24) is 19.5 Å². The van der Waals surface area contributed by atoms with Crippen LogP contribution in [0.5, 0.6) is 0 Å². The van der Waals surface area contributed by atoms with Crippen molar-refractivity contribution in [1.29, 1.82) is 0 Å². The Balaban J connectivity index is 2.28. The first-order valence-corrected chi connectivity index (χ1v) is 12.0. The number of hydrogen-bond acceptors (Lipinski definition) is 6. The van der Waals surface area contributed by atoms with Gasteiger partial charge >= 0.3 is 6.18 Å². The van der Waals surface area contributed by atoms with Gasteiger partial charge in [0.05, 0.1) is 39.8 Å². The first-order valence-electron chi connectivity index (χ1n) is 8.36. The highest BCUT2D eigenvalue weighted by atomic mass is 32.2. The fourth-order valence-corrected chi connectivity index (χ4v) is 4.28. The third kappa shape index (κ3) is 4.17. The molecule has 0 saturated carbocycles. The summed E-state index contributed by atoms with van der Waals surface area (Å²) in [5.41, 5.74) is -0.230. The second-order valence-electron chi connectivity index (χ2n) is 6.36. The van der Waals surface area contributed by atoms with Gasteiger partial charge in [-0.1, -0.05) is 6.92 Å². The van der Waals surface area contributed by atoms with Gasteiger partial charge in [0.1, 0.15) is 11.4 Å². The van der Waals surface area contributed by atoms with Gasteiger partial charge in [-0.3, -0.25) is 0 Å². The smallest absolute Gasteiger partial charge is 0.324 e. The van der Waals surface area contributed by atoms with Crippen LogP contribution in [0.4, 0.5) is 18.9 Å². The van der Waals surface area contributed by atoms with E-state index < -0.39 is 21.7 Å². The minimum Gasteiger partial charge on any atom is -0.324 e. The van der Waals surface area contributed by atoms with Gasteiger partial charge in [-0.25, -0.2) is 27.7 Å². The van der Waals surface area contributed by atoms with Crippen molar-refractivity contribution in [3.8, 4) is 11.5 Å². The molecule has 0 saturated heterocycles. The molecule has 3 aromatic heterocycles. The van der Waals surface area contributed by atoms with Crippen LogP contribution in [0.15, 0.2) is 33.8 Å². The van der Waals surface area contributed by atoms with Gasteiger partial charge in [0.25, 0.3) is 0 Å². The fraction of sp³-hybridized carbons (Fsp3) is 0.353. The molecule has 3 heterocycles. The number of halogens is 3. The van der Waals surface area contributed by atoms with Crippen LogP contribution in [0.2, 0.25) is 0 Å².